The molecule has 1 fully saturated rings. The zero-order chi connectivity index (χ0) is 11.8. The Hall–Kier alpha value is -0.120. The second kappa shape index (κ2) is 8.04. The van der Waals surface area contributed by atoms with Crippen LogP contribution >= 0.6 is 0 Å². The number of hydrogen-bond acceptors (Lipinski definition) is 3. The third-order valence-electron chi connectivity index (χ3n) is 3.73. The van der Waals surface area contributed by atoms with Crippen molar-refractivity contribution in [1.29, 1.82) is 0 Å². The third-order valence-corrected chi connectivity index (χ3v) is 3.73. The quantitative estimate of drug-likeness (QED) is 0.667. The number of methoxy groups -OCH3 is 1. The van der Waals surface area contributed by atoms with E-state index in [9.17, 15) is 0 Å². The maximum absolute atomic E-state index is 5.56. The topological polar surface area (TPSA) is 47.3 Å². The Bertz CT molecular complexity index is 169. The van der Waals surface area contributed by atoms with Crippen molar-refractivity contribution in [2.75, 3.05) is 20.3 Å². The minimum atomic E-state index is 0.476. The second-order valence-electron chi connectivity index (χ2n) is 5.08. The van der Waals surface area contributed by atoms with Crippen LogP contribution in [0.5, 0.6) is 0 Å². The van der Waals surface area contributed by atoms with E-state index in [1.54, 1.807) is 7.11 Å². The highest BCUT2D eigenvalue weighted by Gasteiger charge is 2.23. The molecule has 1 aliphatic carbocycles. The van der Waals surface area contributed by atoms with Gasteiger partial charge in [0.05, 0.1) is 6.61 Å². The van der Waals surface area contributed by atoms with Gasteiger partial charge in [0, 0.05) is 19.2 Å². The van der Waals surface area contributed by atoms with E-state index in [0.717, 1.165) is 31.9 Å². The first-order chi connectivity index (χ1) is 7.77. The van der Waals surface area contributed by atoms with Gasteiger partial charge in [-0.2, -0.15) is 0 Å². The highest BCUT2D eigenvalue weighted by Crippen LogP contribution is 2.27. The number of rotatable bonds is 8. The first-order valence-corrected chi connectivity index (χ1v) is 6.73. The SMILES string of the molecule is COCC(CCCN)N[C@@H](C)C1CCCC1. The molecule has 3 N–H and O–H groups in total. The molecule has 0 amide bonds. The van der Waals surface area contributed by atoms with E-state index in [-0.39, 0.29) is 0 Å². The lowest BCUT2D eigenvalue weighted by atomic mass is 9.98. The van der Waals surface area contributed by atoms with Crippen LogP contribution in [-0.2, 0) is 4.74 Å². The monoisotopic (exact) mass is 228 g/mol. The molecule has 1 saturated carbocycles. The van der Waals surface area contributed by atoms with E-state index >= 15 is 0 Å². The fourth-order valence-electron chi connectivity index (χ4n) is 2.75. The van der Waals surface area contributed by atoms with Crippen LogP contribution in [0.15, 0.2) is 0 Å². The molecule has 0 aromatic rings. The Balaban J connectivity index is 2.27. The predicted octanol–water partition coefficient (Wildman–Crippen LogP) is 1.91. The van der Waals surface area contributed by atoms with Crippen molar-refractivity contribution in [3.63, 3.8) is 0 Å². The van der Waals surface area contributed by atoms with Crippen LogP contribution in [-0.4, -0.2) is 32.3 Å². The average molecular weight is 228 g/mol. The highest BCUT2D eigenvalue weighted by atomic mass is 16.5. The van der Waals surface area contributed by atoms with Crippen molar-refractivity contribution >= 4 is 0 Å². The number of ether oxygens (including phenoxy) is 1. The van der Waals surface area contributed by atoms with Crippen molar-refractivity contribution in [1.82, 2.24) is 5.32 Å². The Morgan fingerprint density at radius 2 is 2.06 bits per heavy atom. The van der Waals surface area contributed by atoms with Crippen LogP contribution in [0.25, 0.3) is 0 Å². The molecule has 0 spiro atoms. The van der Waals surface area contributed by atoms with E-state index < -0.39 is 0 Å². The van der Waals surface area contributed by atoms with E-state index in [0.29, 0.717) is 12.1 Å². The summed E-state index contributed by atoms with van der Waals surface area (Å²) in [5.41, 5.74) is 5.56. The number of nitrogens with two attached hydrogens (primary N) is 1. The average Bonchev–Trinajstić information content (AvgIpc) is 2.79. The highest BCUT2D eigenvalue weighted by molar-refractivity contribution is 4.80. The summed E-state index contributed by atoms with van der Waals surface area (Å²) < 4.78 is 5.26. The van der Waals surface area contributed by atoms with Crippen LogP contribution in [0, 0.1) is 5.92 Å². The van der Waals surface area contributed by atoms with E-state index in [4.69, 9.17) is 10.5 Å². The van der Waals surface area contributed by atoms with Crippen molar-refractivity contribution in [3.8, 4) is 0 Å². The molecule has 3 nitrogen and oxygen atoms in total. The van der Waals surface area contributed by atoms with Gasteiger partial charge in [0.15, 0.2) is 0 Å². The van der Waals surface area contributed by atoms with Crippen LogP contribution in [0.1, 0.15) is 45.4 Å². The summed E-state index contributed by atoms with van der Waals surface area (Å²) in [6.07, 6.45) is 7.82. The fraction of sp³-hybridized carbons (Fsp3) is 1.00. The normalized spacial score (nSPS) is 21.2. The minimum absolute atomic E-state index is 0.476. The number of hydrogen-bond donors (Lipinski definition) is 2. The van der Waals surface area contributed by atoms with Crippen LogP contribution in [0.4, 0.5) is 0 Å². The van der Waals surface area contributed by atoms with Crippen molar-refractivity contribution in [2.45, 2.75) is 57.5 Å². The fourth-order valence-corrected chi connectivity index (χ4v) is 2.75. The van der Waals surface area contributed by atoms with E-state index in [1.807, 2.05) is 0 Å². The van der Waals surface area contributed by atoms with Gasteiger partial charge in [-0.1, -0.05) is 12.8 Å². The predicted molar refractivity (Wildman–Crippen MR) is 68.5 cm³/mol. The first kappa shape index (κ1) is 13.9. The third kappa shape index (κ3) is 4.81. The van der Waals surface area contributed by atoms with Gasteiger partial charge in [-0.3, -0.25) is 0 Å². The maximum Gasteiger partial charge on any atom is 0.0615 e. The maximum atomic E-state index is 5.56. The van der Waals surface area contributed by atoms with Gasteiger partial charge >= 0.3 is 0 Å². The summed E-state index contributed by atoms with van der Waals surface area (Å²) >= 11 is 0. The molecule has 0 aliphatic heterocycles. The molecule has 16 heavy (non-hydrogen) atoms. The van der Waals surface area contributed by atoms with Crippen molar-refractivity contribution in [3.05, 3.63) is 0 Å². The molecule has 0 bridgehead atoms. The summed E-state index contributed by atoms with van der Waals surface area (Å²) in [6.45, 7) is 3.90. The van der Waals surface area contributed by atoms with Crippen LogP contribution in [0.3, 0.4) is 0 Å². The van der Waals surface area contributed by atoms with Gasteiger partial charge in [-0.05, 0) is 45.1 Å². The Kier molecular flexibility index (Phi) is 7.01. The molecule has 2 atom stereocenters. The molecule has 1 unspecified atom stereocenters. The summed E-state index contributed by atoms with van der Waals surface area (Å²) in [6, 6.07) is 1.10. The lowest BCUT2D eigenvalue weighted by Gasteiger charge is -2.26. The van der Waals surface area contributed by atoms with Crippen molar-refractivity contribution in [2.24, 2.45) is 11.7 Å². The van der Waals surface area contributed by atoms with Gasteiger partial charge in [0.1, 0.15) is 0 Å². The zero-order valence-electron chi connectivity index (χ0n) is 10.9. The molecule has 3 heteroatoms. The lowest BCUT2D eigenvalue weighted by molar-refractivity contribution is 0.150. The smallest absolute Gasteiger partial charge is 0.0615 e. The molecular weight excluding hydrogens is 200 g/mol. The molecule has 0 aromatic carbocycles. The summed E-state index contributed by atoms with van der Waals surface area (Å²) in [4.78, 5) is 0. The standard InChI is InChI=1S/C13H28N2O/c1-11(12-6-3-4-7-12)15-13(10-16-2)8-5-9-14/h11-13,15H,3-10,14H2,1-2H3/t11-,13?/m0/s1. The molecule has 0 saturated heterocycles. The van der Waals surface area contributed by atoms with Crippen LogP contribution in [0.2, 0.25) is 0 Å². The summed E-state index contributed by atoms with van der Waals surface area (Å²) in [7, 11) is 1.78. The minimum Gasteiger partial charge on any atom is -0.383 e. The van der Waals surface area contributed by atoms with Gasteiger partial charge in [0.2, 0.25) is 0 Å². The zero-order valence-corrected chi connectivity index (χ0v) is 10.9. The van der Waals surface area contributed by atoms with E-state index in [1.165, 1.54) is 25.7 Å². The van der Waals surface area contributed by atoms with Gasteiger partial charge in [-0.15, -0.1) is 0 Å². The molecule has 0 heterocycles. The Labute approximate surface area is 100 Å². The Morgan fingerprint density at radius 1 is 1.38 bits per heavy atom. The van der Waals surface area contributed by atoms with Gasteiger partial charge in [0.25, 0.3) is 0 Å². The largest absolute Gasteiger partial charge is 0.383 e. The first-order valence-electron chi connectivity index (χ1n) is 6.73. The molecule has 1 rings (SSSR count). The molecule has 96 valence electrons. The second-order valence-corrected chi connectivity index (χ2v) is 5.08. The van der Waals surface area contributed by atoms with Crippen molar-refractivity contribution < 1.29 is 4.74 Å². The Morgan fingerprint density at radius 3 is 2.62 bits per heavy atom. The van der Waals surface area contributed by atoms with Crippen LogP contribution < -0.4 is 11.1 Å². The lowest BCUT2D eigenvalue weighted by Crippen LogP contribution is -2.42. The summed E-state index contributed by atoms with van der Waals surface area (Å²) in [5, 5.41) is 3.71. The van der Waals surface area contributed by atoms with Gasteiger partial charge < -0.3 is 15.8 Å². The van der Waals surface area contributed by atoms with E-state index in [2.05, 4.69) is 12.2 Å². The molecule has 1 aliphatic rings. The molecule has 0 aromatic heterocycles. The molecular formula is C13H28N2O. The molecule has 0 radical (unpaired) electrons. The van der Waals surface area contributed by atoms with Gasteiger partial charge in [-0.25, -0.2) is 0 Å². The number of nitrogens with one attached hydrogen (secondary N) is 1. The summed E-state index contributed by atoms with van der Waals surface area (Å²) in [5.74, 6) is 0.872.